The molecule has 4 rings (SSSR count). The highest BCUT2D eigenvalue weighted by Crippen LogP contribution is 2.20. The normalized spacial score (nSPS) is 15.8. The molecule has 0 aliphatic carbocycles. The van der Waals surface area contributed by atoms with Gasteiger partial charge in [-0.25, -0.2) is 9.37 Å². The predicted molar refractivity (Wildman–Crippen MR) is 99.5 cm³/mol. The quantitative estimate of drug-likeness (QED) is 0.760. The number of H-pyrrole nitrogens is 1. The molecular weight excluding hydrogens is 313 g/mol. The molecule has 1 aliphatic heterocycles. The second-order valence-corrected chi connectivity index (χ2v) is 6.36. The summed E-state index contributed by atoms with van der Waals surface area (Å²) in [5.41, 5.74) is 4.60. The van der Waals surface area contributed by atoms with Gasteiger partial charge in [0.25, 0.3) is 0 Å². The van der Waals surface area contributed by atoms with Crippen molar-refractivity contribution >= 4 is 17.1 Å². The molecule has 0 fully saturated rings. The minimum atomic E-state index is -0.197. The van der Waals surface area contributed by atoms with E-state index < -0.39 is 0 Å². The SMILES string of the molecule is Fc1ccc(C=CC2=CCN(Cc3c[nH]c4ncccc34)CC2)cc1. The number of nitrogens with one attached hydrogen (secondary N) is 1. The first-order chi connectivity index (χ1) is 12.3. The van der Waals surface area contributed by atoms with Gasteiger partial charge in [0.1, 0.15) is 11.5 Å². The number of hydrogen-bond acceptors (Lipinski definition) is 2. The summed E-state index contributed by atoms with van der Waals surface area (Å²) in [5, 5.41) is 1.20. The Morgan fingerprint density at radius 2 is 2.04 bits per heavy atom. The van der Waals surface area contributed by atoms with E-state index >= 15 is 0 Å². The van der Waals surface area contributed by atoms with Crippen molar-refractivity contribution in [2.75, 3.05) is 13.1 Å². The van der Waals surface area contributed by atoms with Gasteiger partial charge in [-0.2, -0.15) is 0 Å². The van der Waals surface area contributed by atoms with Gasteiger partial charge in [-0.3, -0.25) is 4.90 Å². The van der Waals surface area contributed by atoms with E-state index in [9.17, 15) is 4.39 Å². The molecule has 0 amide bonds. The minimum Gasteiger partial charge on any atom is -0.346 e. The Kier molecular flexibility index (Phi) is 4.44. The van der Waals surface area contributed by atoms with Gasteiger partial charge in [-0.15, -0.1) is 0 Å². The van der Waals surface area contributed by atoms with Crippen molar-refractivity contribution in [2.24, 2.45) is 0 Å². The smallest absolute Gasteiger partial charge is 0.137 e. The minimum absolute atomic E-state index is 0.197. The number of fused-ring (bicyclic) bond motifs is 1. The fraction of sp³-hybridized carbons (Fsp3) is 0.190. The zero-order valence-electron chi connectivity index (χ0n) is 14.0. The number of hydrogen-bond donors (Lipinski definition) is 1. The molecule has 0 radical (unpaired) electrons. The van der Waals surface area contributed by atoms with Crippen molar-refractivity contribution in [3.63, 3.8) is 0 Å². The first-order valence-corrected chi connectivity index (χ1v) is 8.54. The Hall–Kier alpha value is -2.72. The Bertz CT molecular complexity index is 922. The number of rotatable bonds is 4. The average Bonchev–Trinajstić information content (AvgIpc) is 3.06. The van der Waals surface area contributed by atoms with Gasteiger partial charge in [-0.1, -0.05) is 30.4 Å². The summed E-state index contributed by atoms with van der Waals surface area (Å²) >= 11 is 0. The van der Waals surface area contributed by atoms with Crippen molar-refractivity contribution in [3.05, 3.63) is 83.5 Å². The van der Waals surface area contributed by atoms with E-state index in [1.807, 2.05) is 18.3 Å². The fourth-order valence-corrected chi connectivity index (χ4v) is 3.18. The number of pyridine rings is 1. The van der Waals surface area contributed by atoms with Crippen molar-refractivity contribution < 1.29 is 4.39 Å². The largest absolute Gasteiger partial charge is 0.346 e. The van der Waals surface area contributed by atoms with Crippen LogP contribution in [0.1, 0.15) is 17.5 Å². The number of aromatic nitrogens is 2. The first-order valence-electron chi connectivity index (χ1n) is 8.54. The zero-order chi connectivity index (χ0) is 17.1. The first kappa shape index (κ1) is 15.8. The lowest BCUT2D eigenvalue weighted by Crippen LogP contribution is -2.27. The lowest BCUT2D eigenvalue weighted by molar-refractivity contribution is 0.288. The summed E-state index contributed by atoms with van der Waals surface area (Å²) in [6.07, 6.45) is 11.4. The number of aromatic amines is 1. The van der Waals surface area contributed by atoms with Gasteiger partial charge < -0.3 is 4.98 Å². The molecule has 0 unspecified atom stereocenters. The van der Waals surface area contributed by atoms with Crippen molar-refractivity contribution in [2.45, 2.75) is 13.0 Å². The van der Waals surface area contributed by atoms with Crippen LogP contribution in [-0.2, 0) is 6.54 Å². The molecule has 126 valence electrons. The Balaban J connectivity index is 1.39. The van der Waals surface area contributed by atoms with Gasteiger partial charge in [0.2, 0.25) is 0 Å². The third-order valence-corrected chi connectivity index (χ3v) is 4.62. The van der Waals surface area contributed by atoms with Crippen LogP contribution in [0.5, 0.6) is 0 Å². The third kappa shape index (κ3) is 3.69. The monoisotopic (exact) mass is 333 g/mol. The zero-order valence-corrected chi connectivity index (χ0v) is 14.0. The second-order valence-electron chi connectivity index (χ2n) is 6.36. The van der Waals surface area contributed by atoms with E-state index in [0.717, 1.165) is 37.3 Å². The molecule has 1 aliphatic rings. The summed E-state index contributed by atoms with van der Waals surface area (Å²) in [5.74, 6) is -0.197. The van der Waals surface area contributed by atoms with Crippen molar-refractivity contribution in [1.82, 2.24) is 14.9 Å². The molecule has 0 saturated heterocycles. The highest BCUT2D eigenvalue weighted by molar-refractivity contribution is 5.79. The van der Waals surface area contributed by atoms with Gasteiger partial charge in [0, 0.05) is 37.4 Å². The molecular formula is C21H20FN3. The average molecular weight is 333 g/mol. The molecule has 2 aromatic heterocycles. The molecule has 25 heavy (non-hydrogen) atoms. The summed E-state index contributed by atoms with van der Waals surface area (Å²) < 4.78 is 12.9. The Morgan fingerprint density at radius 3 is 2.84 bits per heavy atom. The summed E-state index contributed by atoms with van der Waals surface area (Å²) in [7, 11) is 0. The number of nitrogens with zero attached hydrogens (tertiary/aromatic N) is 2. The third-order valence-electron chi connectivity index (χ3n) is 4.62. The van der Waals surface area contributed by atoms with Crippen molar-refractivity contribution in [3.8, 4) is 0 Å². The summed E-state index contributed by atoms with van der Waals surface area (Å²) in [6, 6.07) is 10.7. The molecule has 0 atom stereocenters. The van der Waals surface area contributed by atoms with Crippen LogP contribution in [-0.4, -0.2) is 28.0 Å². The maximum atomic E-state index is 12.9. The highest BCUT2D eigenvalue weighted by atomic mass is 19.1. The van der Waals surface area contributed by atoms with Gasteiger partial charge in [-0.05, 0) is 47.4 Å². The lowest BCUT2D eigenvalue weighted by atomic mass is 10.1. The molecule has 0 saturated carbocycles. The maximum absolute atomic E-state index is 12.9. The van der Waals surface area contributed by atoms with E-state index in [4.69, 9.17) is 0 Å². The van der Waals surface area contributed by atoms with Crippen molar-refractivity contribution in [1.29, 1.82) is 0 Å². The predicted octanol–water partition coefficient (Wildman–Crippen LogP) is 4.55. The number of benzene rings is 1. The lowest BCUT2D eigenvalue weighted by Gasteiger charge is -2.25. The maximum Gasteiger partial charge on any atom is 0.137 e. The van der Waals surface area contributed by atoms with Crippen LogP contribution < -0.4 is 0 Å². The standard InChI is InChI=1S/C21H20FN3/c22-19-7-5-16(6-8-19)3-4-17-9-12-25(13-10-17)15-18-14-24-21-20(18)2-1-11-23-21/h1-9,11,14H,10,12-13,15H2,(H,23,24). The Morgan fingerprint density at radius 1 is 1.16 bits per heavy atom. The molecule has 3 heterocycles. The number of halogens is 1. The molecule has 0 bridgehead atoms. The van der Waals surface area contributed by atoms with E-state index in [0.29, 0.717) is 0 Å². The van der Waals surface area contributed by atoms with Crippen LogP contribution in [0, 0.1) is 5.82 Å². The van der Waals surface area contributed by atoms with Crippen LogP contribution in [0.3, 0.4) is 0 Å². The number of allylic oxidation sites excluding steroid dienone is 1. The molecule has 1 N–H and O–H groups in total. The van der Waals surface area contributed by atoms with E-state index in [1.54, 1.807) is 12.1 Å². The molecule has 1 aromatic carbocycles. The highest BCUT2D eigenvalue weighted by Gasteiger charge is 2.13. The molecule has 3 aromatic rings. The van der Waals surface area contributed by atoms with Gasteiger partial charge >= 0.3 is 0 Å². The second kappa shape index (κ2) is 7.03. The fourth-order valence-electron chi connectivity index (χ4n) is 3.18. The topological polar surface area (TPSA) is 31.9 Å². The van der Waals surface area contributed by atoms with Gasteiger partial charge in [0.05, 0.1) is 0 Å². The van der Waals surface area contributed by atoms with E-state index in [2.05, 4.69) is 39.3 Å². The van der Waals surface area contributed by atoms with Crippen LogP contribution >= 0.6 is 0 Å². The van der Waals surface area contributed by atoms with E-state index in [1.165, 1.54) is 28.7 Å². The van der Waals surface area contributed by atoms with Crippen LogP contribution in [0.4, 0.5) is 4.39 Å². The summed E-state index contributed by atoms with van der Waals surface area (Å²) in [4.78, 5) is 10.0. The molecule has 4 heteroatoms. The molecule has 0 spiro atoms. The Labute approximate surface area is 146 Å². The van der Waals surface area contributed by atoms with Crippen LogP contribution in [0.25, 0.3) is 17.1 Å². The van der Waals surface area contributed by atoms with Crippen LogP contribution in [0.15, 0.2) is 66.5 Å². The van der Waals surface area contributed by atoms with E-state index in [-0.39, 0.29) is 5.82 Å². The van der Waals surface area contributed by atoms with Crippen LogP contribution in [0.2, 0.25) is 0 Å². The molecule has 3 nitrogen and oxygen atoms in total. The van der Waals surface area contributed by atoms with Gasteiger partial charge in [0.15, 0.2) is 0 Å². The summed E-state index contributed by atoms with van der Waals surface area (Å²) in [6.45, 7) is 2.90.